The highest BCUT2D eigenvalue weighted by atomic mass is 16.5. The van der Waals surface area contributed by atoms with E-state index in [9.17, 15) is 4.79 Å². The third kappa shape index (κ3) is 4.70. The smallest absolute Gasteiger partial charge is 0.281 e. The Morgan fingerprint density at radius 2 is 1.95 bits per heavy atom. The van der Waals surface area contributed by atoms with Gasteiger partial charge in [-0.25, -0.2) is 0 Å². The summed E-state index contributed by atoms with van der Waals surface area (Å²) in [6.07, 6.45) is 0. The fourth-order valence-electron chi connectivity index (χ4n) is 2.15. The number of hydrogen-bond acceptors (Lipinski definition) is 3. The van der Waals surface area contributed by atoms with E-state index in [4.69, 9.17) is 4.52 Å². The van der Waals surface area contributed by atoms with Crippen LogP contribution in [0.3, 0.4) is 0 Å². The average molecular weight is 302 g/mol. The molecule has 0 saturated heterocycles. The van der Waals surface area contributed by atoms with Crippen molar-refractivity contribution in [3.63, 3.8) is 0 Å². The van der Waals surface area contributed by atoms with Gasteiger partial charge in [-0.05, 0) is 0 Å². The topological polar surface area (TPSA) is 59.6 Å². The summed E-state index contributed by atoms with van der Waals surface area (Å²) in [4.78, 5) is 13.2. The first-order valence-electron chi connectivity index (χ1n) is 7.47. The predicted octanol–water partition coefficient (Wildman–Crippen LogP) is 1.63. The summed E-state index contributed by atoms with van der Waals surface area (Å²) < 4.78 is 5.17. The number of nitrogens with one attached hydrogen (secondary N) is 2. The van der Waals surface area contributed by atoms with Crippen molar-refractivity contribution in [1.82, 2.24) is 5.16 Å². The summed E-state index contributed by atoms with van der Waals surface area (Å²) in [6, 6.07) is 11.9. The summed E-state index contributed by atoms with van der Waals surface area (Å²) in [7, 11) is 1.99. The Morgan fingerprint density at radius 1 is 1.27 bits per heavy atom. The summed E-state index contributed by atoms with van der Waals surface area (Å²) in [5.74, 6) is 0.326. The number of rotatable bonds is 5. The van der Waals surface area contributed by atoms with Crippen molar-refractivity contribution >= 4 is 11.8 Å². The molecule has 1 aromatic carbocycles. The number of aromatic nitrogens is 1. The molecule has 0 bridgehead atoms. The molecule has 22 heavy (non-hydrogen) atoms. The maximum Gasteiger partial charge on any atom is 0.281 e. The summed E-state index contributed by atoms with van der Waals surface area (Å²) in [6.45, 7) is 7.33. The number of nitrogens with zero attached hydrogens (tertiary/aromatic N) is 1. The first-order chi connectivity index (χ1) is 10.3. The van der Waals surface area contributed by atoms with E-state index in [-0.39, 0.29) is 11.3 Å². The third-order valence-corrected chi connectivity index (χ3v) is 3.35. The van der Waals surface area contributed by atoms with E-state index in [2.05, 4.69) is 22.6 Å². The molecule has 0 aliphatic rings. The minimum atomic E-state index is -0.0954. The van der Waals surface area contributed by atoms with Gasteiger partial charge in [-0.1, -0.05) is 56.3 Å². The second kappa shape index (κ2) is 6.75. The molecule has 0 radical (unpaired) electrons. The monoisotopic (exact) mass is 302 g/mol. The van der Waals surface area contributed by atoms with E-state index < -0.39 is 0 Å². The molecule has 2 N–H and O–H groups in total. The van der Waals surface area contributed by atoms with Gasteiger partial charge in [0.2, 0.25) is 5.88 Å². The van der Waals surface area contributed by atoms with Gasteiger partial charge in [0.15, 0.2) is 6.54 Å². The Morgan fingerprint density at radius 3 is 2.55 bits per heavy atom. The molecule has 1 atom stereocenters. The number of amides is 1. The number of likely N-dealkylation sites (N-methyl/N-ethyl adjacent to an activating group) is 1. The lowest BCUT2D eigenvalue weighted by Crippen LogP contribution is -3.08. The van der Waals surface area contributed by atoms with Crippen LogP contribution in [0.15, 0.2) is 40.9 Å². The van der Waals surface area contributed by atoms with Crippen molar-refractivity contribution in [1.29, 1.82) is 0 Å². The third-order valence-electron chi connectivity index (χ3n) is 3.35. The minimum Gasteiger partial charge on any atom is -0.338 e. The van der Waals surface area contributed by atoms with Crippen LogP contribution in [0.4, 0.5) is 5.88 Å². The van der Waals surface area contributed by atoms with Crippen LogP contribution in [0.2, 0.25) is 0 Å². The van der Waals surface area contributed by atoms with E-state index in [0.717, 1.165) is 17.1 Å². The first-order valence-corrected chi connectivity index (χ1v) is 7.47. The van der Waals surface area contributed by atoms with Gasteiger partial charge in [0, 0.05) is 17.0 Å². The van der Waals surface area contributed by atoms with Crippen LogP contribution >= 0.6 is 0 Å². The van der Waals surface area contributed by atoms with Crippen molar-refractivity contribution in [2.45, 2.75) is 32.7 Å². The van der Waals surface area contributed by atoms with Crippen molar-refractivity contribution in [3.05, 3.63) is 47.7 Å². The Hall–Kier alpha value is -2.14. The molecule has 1 heterocycles. The van der Waals surface area contributed by atoms with Crippen LogP contribution in [0.1, 0.15) is 32.0 Å². The van der Waals surface area contributed by atoms with Gasteiger partial charge in [0.25, 0.3) is 5.91 Å². The number of carbonyl (C=O) groups excluding carboxylic acids is 1. The zero-order valence-electron chi connectivity index (χ0n) is 13.6. The second-order valence-corrected chi connectivity index (χ2v) is 6.67. The Labute approximate surface area is 131 Å². The van der Waals surface area contributed by atoms with Crippen LogP contribution in [-0.4, -0.2) is 24.7 Å². The lowest BCUT2D eigenvalue weighted by atomic mass is 9.92. The Balaban J connectivity index is 1.86. The van der Waals surface area contributed by atoms with E-state index in [1.807, 2.05) is 46.0 Å². The molecular weight excluding hydrogens is 278 g/mol. The molecule has 2 rings (SSSR count). The molecule has 2 aromatic rings. The summed E-state index contributed by atoms with van der Waals surface area (Å²) in [5.41, 5.74) is 1.94. The van der Waals surface area contributed by atoms with Gasteiger partial charge in [0.05, 0.1) is 12.7 Å². The molecule has 1 amide bonds. The zero-order valence-corrected chi connectivity index (χ0v) is 13.6. The Kier molecular flexibility index (Phi) is 4.98. The molecule has 5 heteroatoms. The van der Waals surface area contributed by atoms with Crippen molar-refractivity contribution in [3.8, 4) is 0 Å². The van der Waals surface area contributed by atoms with Gasteiger partial charge in [-0.2, -0.15) is 0 Å². The molecule has 0 spiro atoms. The van der Waals surface area contributed by atoms with E-state index in [1.54, 1.807) is 6.07 Å². The maximum atomic E-state index is 12.1. The first kappa shape index (κ1) is 16.2. The van der Waals surface area contributed by atoms with Gasteiger partial charge >= 0.3 is 0 Å². The highest BCUT2D eigenvalue weighted by Gasteiger charge is 2.20. The van der Waals surface area contributed by atoms with Crippen molar-refractivity contribution in [2.75, 3.05) is 18.9 Å². The fraction of sp³-hybridized carbons (Fsp3) is 0.412. The van der Waals surface area contributed by atoms with Crippen LogP contribution in [-0.2, 0) is 16.8 Å². The number of anilines is 1. The number of carbonyl (C=O) groups is 1. The lowest BCUT2D eigenvalue weighted by Gasteiger charge is -2.13. The quantitative estimate of drug-likeness (QED) is 0.882. The number of quaternary nitrogens is 1. The highest BCUT2D eigenvalue weighted by Crippen LogP contribution is 2.23. The van der Waals surface area contributed by atoms with E-state index in [0.29, 0.717) is 12.4 Å². The van der Waals surface area contributed by atoms with Crippen LogP contribution in [0.5, 0.6) is 0 Å². The minimum absolute atomic E-state index is 0.0787. The van der Waals surface area contributed by atoms with Crippen LogP contribution in [0, 0.1) is 0 Å². The SMILES string of the molecule is C[NH+](CC(=O)Nc1cc(C(C)(C)C)no1)Cc1ccccc1. The number of benzene rings is 1. The van der Waals surface area contributed by atoms with E-state index in [1.165, 1.54) is 5.56 Å². The van der Waals surface area contributed by atoms with Gasteiger partial charge in [-0.15, -0.1) is 0 Å². The van der Waals surface area contributed by atoms with Gasteiger partial charge in [-0.3, -0.25) is 10.1 Å². The number of hydrogen-bond donors (Lipinski definition) is 2. The van der Waals surface area contributed by atoms with Crippen molar-refractivity contribution in [2.24, 2.45) is 0 Å². The maximum absolute atomic E-state index is 12.1. The molecular formula is C17H24N3O2+. The molecule has 0 saturated carbocycles. The molecule has 0 aliphatic carbocycles. The largest absolute Gasteiger partial charge is 0.338 e. The highest BCUT2D eigenvalue weighted by molar-refractivity contribution is 5.90. The molecule has 1 aromatic heterocycles. The predicted molar refractivity (Wildman–Crippen MR) is 85.7 cm³/mol. The lowest BCUT2D eigenvalue weighted by molar-refractivity contribution is -0.885. The molecule has 1 unspecified atom stereocenters. The van der Waals surface area contributed by atoms with E-state index >= 15 is 0 Å². The molecule has 5 nitrogen and oxygen atoms in total. The van der Waals surface area contributed by atoms with Crippen molar-refractivity contribution < 1.29 is 14.2 Å². The Bertz CT molecular complexity index is 614. The molecule has 0 aliphatic heterocycles. The van der Waals surface area contributed by atoms with Gasteiger partial charge < -0.3 is 9.42 Å². The van der Waals surface area contributed by atoms with Crippen LogP contribution in [0.25, 0.3) is 0 Å². The van der Waals surface area contributed by atoms with Gasteiger partial charge in [0.1, 0.15) is 6.54 Å². The second-order valence-electron chi connectivity index (χ2n) is 6.67. The normalized spacial score (nSPS) is 12.9. The van der Waals surface area contributed by atoms with Crippen LogP contribution < -0.4 is 10.2 Å². The average Bonchev–Trinajstić information content (AvgIpc) is 2.87. The standard InChI is InChI=1S/C17H23N3O2/c1-17(2,3)14-10-16(22-19-14)18-15(21)12-20(4)11-13-8-6-5-7-9-13/h5-10H,11-12H2,1-4H3,(H,18,21)/p+1. The summed E-state index contributed by atoms with van der Waals surface area (Å²) >= 11 is 0. The zero-order chi connectivity index (χ0) is 16.2. The molecule has 0 fully saturated rings. The fourth-order valence-corrected chi connectivity index (χ4v) is 2.15. The summed E-state index contributed by atoms with van der Waals surface area (Å²) in [5, 5.41) is 6.75. The molecule has 118 valence electrons.